The molecule has 0 aromatic carbocycles. The molecule has 4 heteroatoms. The van der Waals surface area contributed by atoms with Gasteiger partial charge in [-0.1, -0.05) is 13.3 Å². The van der Waals surface area contributed by atoms with Crippen LogP contribution < -0.4 is 0 Å². The standard InChI is InChI=1S/C11H16O4/c1-3-4-8-5-9(15-11(8)14)6-10(13)7(2)12/h5-7,10,12-13H,3-4H2,1-2H3/b9-6+/t7-,10-/m0/s1. The summed E-state index contributed by atoms with van der Waals surface area (Å²) < 4.78 is 4.91. The molecule has 0 saturated carbocycles. The van der Waals surface area contributed by atoms with E-state index in [1.165, 1.54) is 13.0 Å². The van der Waals surface area contributed by atoms with Gasteiger partial charge in [0.2, 0.25) is 0 Å². The molecule has 0 fully saturated rings. The van der Waals surface area contributed by atoms with E-state index in [-0.39, 0.29) is 5.97 Å². The SMILES string of the molecule is CCCC1=C/C(=C\[C@H](O)[C@H](C)O)OC1=O. The molecule has 0 unspecified atom stereocenters. The minimum Gasteiger partial charge on any atom is -0.423 e. The van der Waals surface area contributed by atoms with Crippen LogP contribution in [0, 0.1) is 0 Å². The summed E-state index contributed by atoms with van der Waals surface area (Å²) in [5.41, 5.74) is 0.613. The van der Waals surface area contributed by atoms with Crippen molar-refractivity contribution in [2.75, 3.05) is 0 Å². The van der Waals surface area contributed by atoms with E-state index in [2.05, 4.69) is 0 Å². The van der Waals surface area contributed by atoms with Gasteiger partial charge in [-0.15, -0.1) is 0 Å². The minimum atomic E-state index is -1.01. The Morgan fingerprint density at radius 3 is 2.73 bits per heavy atom. The van der Waals surface area contributed by atoms with E-state index in [1.54, 1.807) is 6.08 Å². The van der Waals surface area contributed by atoms with Gasteiger partial charge in [-0.3, -0.25) is 0 Å². The highest BCUT2D eigenvalue weighted by Crippen LogP contribution is 2.21. The summed E-state index contributed by atoms with van der Waals surface area (Å²) >= 11 is 0. The third-order valence-electron chi connectivity index (χ3n) is 2.14. The summed E-state index contributed by atoms with van der Waals surface area (Å²) in [6, 6.07) is 0. The average molecular weight is 212 g/mol. The van der Waals surface area contributed by atoms with Gasteiger partial charge in [-0.05, 0) is 25.5 Å². The largest absolute Gasteiger partial charge is 0.423 e. The van der Waals surface area contributed by atoms with Crippen LogP contribution in [0.4, 0.5) is 0 Å². The van der Waals surface area contributed by atoms with Crippen molar-refractivity contribution in [2.45, 2.75) is 38.9 Å². The molecule has 2 N–H and O–H groups in total. The van der Waals surface area contributed by atoms with E-state index < -0.39 is 12.2 Å². The average Bonchev–Trinajstić information content (AvgIpc) is 2.47. The zero-order valence-corrected chi connectivity index (χ0v) is 8.93. The Kier molecular flexibility index (Phi) is 4.05. The lowest BCUT2D eigenvalue weighted by Gasteiger charge is -2.08. The molecule has 2 atom stereocenters. The Morgan fingerprint density at radius 1 is 1.53 bits per heavy atom. The van der Waals surface area contributed by atoms with Crippen LogP contribution in [0.2, 0.25) is 0 Å². The van der Waals surface area contributed by atoms with Crippen molar-refractivity contribution in [1.29, 1.82) is 0 Å². The van der Waals surface area contributed by atoms with E-state index in [0.29, 0.717) is 17.8 Å². The zero-order chi connectivity index (χ0) is 11.4. The lowest BCUT2D eigenvalue weighted by molar-refractivity contribution is -0.133. The molecule has 0 radical (unpaired) electrons. The number of rotatable bonds is 4. The van der Waals surface area contributed by atoms with Gasteiger partial charge in [0.15, 0.2) is 0 Å². The first kappa shape index (κ1) is 11.9. The summed E-state index contributed by atoms with van der Waals surface area (Å²) in [5.74, 6) is -0.0438. The number of hydrogen-bond donors (Lipinski definition) is 2. The Bertz CT molecular complexity index is 302. The maximum Gasteiger partial charge on any atom is 0.339 e. The second-order valence-electron chi connectivity index (χ2n) is 3.61. The molecule has 1 heterocycles. The summed E-state index contributed by atoms with van der Waals surface area (Å²) in [6.45, 7) is 3.44. The summed E-state index contributed by atoms with van der Waals surface area (Å²) in [4.78, 5) is 11.3. The Balaban J connectivity index is 2.71. The molecule has 0 aromatic rings. The highest BCUT2D eigenvalue weighted by Gasteiger charge is 2.21. The molecule has 0 saturated heterocycles. The Morgan fingerprint density at radius 2 is 2.20 bits per heavy atom. The van der Waals surface area contributed by atoms with Gasteiger partial charge in [0, 0.05) is 5.57 Å². The maximum absolute atomic E-state index is 11.3. The smallest absolute Gasteiger partial charge is 0.339 e. The maximum atomic E-state index is 11.3. The molecule has 0 aromatic heterocycles. The molecule has 1 rings (SSSR count). The van der Waals surface area contributed by atoms with Gasteiger partial charge in [-0.25, -0.2) is 4.79 Å². The van der Waals surface area contributed by atoms with Gasteiger partial charge in [0.05, 0.1) is 6.10 Å². The van der Waals surface area contributed by atoms with E-state index in [9.17, 15) is 9.90 Å². The summed E-state index contributed by atoms with van der Waals surface area (Å²) in [7, 11) is 0. The van der Waals surface area contributed by atoms with E-state index in [4.69, 9.17) is 9.84 Å². The third kappa shape index (κ3) is 3.18. The molecule has 0 bridgehead atoms. The third-order valence-corrected chi connectivity index (χ3v) is 2.14. The van der Waals surface area contributed by atoms with Crippen molar-refractivity contribution in [1.82, 2.24) is 0 Å². The number of aliphatic hydroxyl groups is 2. The second kappa shape index (κ2) is 5.09. The van der Waals surface area contributed by atoms with Gasteiger partial charge in [0.1, 0.15) is 11.9 Å². The highest BCUT2D eigenvalue weighted by molar-refractivity contribution is 5.92. The molecule has 4 nitrogen and oxygen atoms in total. The number of esters is 1. The molecule has 1 aliphatic heterocycles. The van der Waals surface area contributed by atoms with Crippen molar-refractivity contribution in [2.24, 2.45) is 0 Å². The van der Waals surface area contributed by atoms with Crippen molar-refractivity contribution < 1.29 is 19.7 Å². The molecular formula is C11H16O4. The van der Waals surface area contributed by atoms with Crippen molar-refractivity contribution in [3.63, 3.8) is 0 Å². The van der Waals surface area contributed by atoms with Crippen LogP contribution in [0.25, 0.3) is 0 Å². The molecular weight excluding hydrogens is 196 g/mol. The van der Waals surface area contributed by atoms with Crippen LogP contribution >= 0.6 is 0 Å². The van der Waals surface area contributed by atoms with Crippen LogP contribution in [0.15, 0.2) is 23.5 Å². The minimum absolute atomic E-state index is 0.317. The summed E-state index contributed by atoms with van der Waals surface area (Å²) in [6.07, 6.45) is 2.60. The zero-order valence-electron chi connectivity index (χ0n) is 8.93. The lowest BCUT2D eigenvalue weighted by Crippen LogP contribution is -2.20. The number of aliphatic hydroxyl groups excluding tert-OH is 2. The van der Waals surface area contributed by atoms with E-state index >= 15 is 0 Å². The topological polar surface area (TPSA) is 66.8 Å². The Hall–Kier alpha value is -1.13. The number of carbonyl (C=O) groups excluding carboxylic acids is 1. The predicted octanol–water partition coefficient (Wildman–Crippen LogP) is 0.895. The van der Waals surface area contributed by atoms with E-state index in [1.807, 2.05) is 6.92 Å². The van der Waals surface area contributed by atoms with Crippen LogP contribution in [0.3, 0.4) is 0 Å². The van der Waals surface area contributed by atoms with E-state index in [0.717, 1.165) is 6.42 Å². The van der Waals surface area contributed by atoms with Crippen molar-refractivity contribution in [3.8, 4) is 0 Å². The quantitative estimate of drug-likeness (QED) is 0.679. The van der Waals surface area contributed by atoms with Crippen molar-refractivity contribution >= 4 is 5.97 Å². The first-order chi connectivity index (χ1) is 7.04. The van der Waals surface area contributed by atoms with Crippen molar-refractivity contribution in [3.05, 3.63) is 23.5 Å². The lowest BCUT2D eigenvalue weighted by atomic mass is 10.1. The van der Waals surface area contributed by atoms with Gasteiger partial charge in [0.25, 0.3) is 0 Å². The highest BCUT2D eigenvalue weighted by atomic mass is 16.5. The number of allylic oxidation sites excluding steroid dienone is 1. The van der Waals surface area contributed by atoms with Gasteiger partial charge < -0.3 is 14.9 Å². The van der Waals surface area contributed by atoms with Gasteiger partial charge >= 0.3 is 5.97 Å². The second-order valence-corrected chi connectivity index (χ2v) is 3.61. The molecule has 0 amide bonds. The Labute approximate surface area is 88.9 Å². The first-order valence-corrected chi connectivity index (χ1v) is 5.05. The predicted molar refractivity (Wildman–Crippen MR) is 54.9 cm³/mol. The number of hydrogen-bond acceptors (Lipinski definition) is 4. The van der Waals surface area contributed by atoms with Crippen LogP contribution in [0.1, 0.15) is 26.7 Å². The number of carbonyl (C=O) groups is 1. The first-order valence-electron chi connectivity index (χ1n) is 5.05. The fourth-order valence-electron chi connectivity index (χ4n) is 1.27. The number of ether oxygens (including phenoxy) is 1. The van der Waals surface area contributed by atoms with Gasteiger partial charge in [-0.2, -0.15) is 0 Å². The molecule has 84 valence electrons. The monoisotopic (exact) mass is 212 g/mol. The van der Waals surface area contributed by atoms with Crippen LogP contribution in [-0.4, -0.2) is 28.4 Å². The van der Waals surface area contributed by atoms with Crippen LogP contribution in [0.5, 0.6) is 0 Å². The normalized spacial score (nSPS) is 22.5. The molecule has 1 aliphatic rings. The summed E-state index contributed by atoms with van der Waals surface area (Å²) in [5, 5.41) is 18.4. The fourth-order valence-corrected chi connectivity index (χ4v) is 1.27. The van der Waals surface area contributed by atoms with Crippen LogP contribution in [-0.2, 0) is 9.53 Å². The fraction of sp³-hybridized carbons (Fsp3) is 0.545. The number of cyclic esters (lactones) is 1. The molecule has 0 aliphatic carbocycles. The molecule has 15 heavy (non-hydrogen) atoms. The molecule has 0 spiro atoms.